The number of nitrogens with one attached hydrogen (secondary N) is 1. The number of esters is 1. The second-order valence-electron chi connectivity index (χ2n) is 6.47. The molecule has 1 saturated carbocycles. The van der Waals surface area contributed by atoms with E-state index in [9.17, 15) is 33.3 Å². The van der Waals surface area contributed by atoms with E-state index in [4.69, 9.17) is 4.74 Å². The van der Waals surface area contributed by atoms with Crippen molar-refractivity contribution in [1.29, 1.82) is 0 Å². The van der Waals surface area contributed by atoms with Crippen molar-refractivity contribution in [3.63, 3.8) is 0 Å². The molecule has 8 nitrogen and oxygen atoms in total. The zero-order chi connectivity index (χ0) is 20.1. The summed E-state index contributed by atoms with van der Waals surface area (Å²) in [7, 11) is 0. The highest BCUT2D eigenvalue weighted by atomic mass is 19.1. The normalized spacial score (nSPS) is 21.7. The number of halogens is 2. The fourth-order valence-corrected chi connectivity index (χ4v) is 3.16. The van der Waals surface area contributed by atoms with Gasteiger partial charge < -0.3 is 10.1 Å². The maximum atomic E-state index is 13.4. The highest BCUT2D eigenvalue weighted by Gasteiger charge is 2.44. The topological polar surface area (TPSA) is 116 Å². The van der Waals surface area contributed by atoms with Crippen LogP contribution in [0.25, 0.3) is 0 Å². The quantitative estimate of drug-likeness (QED) is 0.436. The van der Waals surface area contributed by atoms with E-state index < -0.39 is 59.1 Å². The molecule has 27 heavy (non-hydrogen) atoms. The van der Waals surface area contributed by atoms with E-state index in [2.05, 4.69) is 5.32 Å². The standard InChI is InChI=1S/C17H18F2N2O6/c1-9-4-15(22)11(12(9)7-21(25)26)6-17(24)27-8-16(23)20-14-5-10(18)2-3-13(14)19/h2-3,5,9,11-12H,4,6-8H2,1H3,(H,20,23)/t9-,11-,12+/m0/s1. The number of nitrogens with zero attached hydrogens (tertiary/aromatic N) is 1. The number of rotatable bonds is 7. The molecule has 0 heterocycles. The summed E-state index contributed by atoms with van der Waals surface area (Å²) in [5, 5.41) is 12.8. The third kappa shape index (κ3) is 5.53. The lowest BCUT2D eigenvalue weighted by Gasteiger charge is -2.17. The number of hydrogen-bond donors (Lipinski definition) is 1. The van der Waals surface area contributed by atoms with Crippen molar-refractivity contribution >= 4 is 23.3 Å². The average molecular weight is 384 g/mol. The summed E-state index contributed by atoms with van der Waals surface area (Å²) in [5.41, 5.74) is -0.401. The number of hydrogen-bond acceptors (Lipinski definition) is 6. The van der Waals surface area contributed by atoms with E-state index >= 15 is 0 Å². The van der Waals surface area contributed by atoms with Gasteiger partial charge in [0.15, 0.2) is 6.61 Å². The number of amides is 1. The van der Waals surface area contributed by atoms with Gasteiger partial charge in [-0.1, -0.05) is 6.92 Å². The monoisotopic (exact) mass is 384 g/mol. The summed E-state index contributed by atoms with van der Waals surface area (Å²) in [5.74, 6) is -5.25. The van der Waals surface area contributed by atoms with Crippen LogP contribution in [0.3, 0.4) is 0 Å². The number of benzene rings is 1. The van der Waals surface area contributed by atoms with Crippen LogP contribution < -0.4 is 5.32 Å². The zero-order valence-corrected chi connectivity index (χ0v) is 14.4. The van der Waals surface area contributed by atoms with Gasteiger partial charge in [0.05, 0.1) is 12.1 Å². The molecule has 1 aromatic carbocycles. The summed E-state index contributed by atoms with van der Waals surface area (Å²) >= 11 is 0. The second-order valence-corrected chi connectivity index (χ2v) is 6.47. The van der Waals surface area contributed by atoms with Gasteiger partial charge in [0, 0.05) is 29.2 Å². The van der Waals surface area contributed by atoms with Gasteiger partial charge in [0.1, 0.15) is 17.4 Å². The van der Waals surface area contributed by atoms with Gasteiger partial charge in [-0.25, -0.2) is 8.78 Å². The zero-order valence-electron chi connectivity index (χ0n) is 14.4. The molecule has 10 heteroatoms. The van der Waals surface area contributed by atoms with Crippen molar-refractivity contribution in [2.75, 3.05) is 18.5 Å². The first kappa shape index (κ1) is 20.4. The summed E-state index contributed by atoms with van der Waals surface area (Å²) in [6.07, 6.45) is -0.223. The van der Waals surface area contributed by atoms with Crippen molar-refractivity contribution < 1.29 is 32.8 Å². The first-order valence-corrected chi connectivity index (χ1v) is 8.22. The smallest absolute Gasteiger partial charge is 0.307 e. The number of ether oxygens (including phenoxy) is 1. The van der Waals surface area contributed by atoms with E-state index in [1.165, 1.54) is 0 Å². The summed E-state index contributed by atoms with van der Waals surface area (Å²) in [6.45, 7) is 0.522. The Kier molecular flexibility index (Phi) is 6.54. The molecule has 0 bridgehead atoms. The lowest BCUT2D eigenvalue weighted by molar-refractivity contribution is -0.490. The first-order chi connectivity index (χ1) is 12.7. The maximum Gasteiger partial charge on any atom is 0.307 e. The minimum Gasteiger partial charge on any atom is -0.456 e. The fourth-order valence-electron chi connectivity index (χ4n) is 3.16. The molecule has 1 aliphatic carbocycles. The number of Topliss-reactive ketones (excluding diaryl/α,β-unsaturated/α-hetero) is 1. The Hall–Kier alpha value is -2.91. The average Bonchev–Trinajstić information content (AvgIpc) is 2.83. The third-order valence-corrected chi connectivity index (χ3v) is 4.50. The molecule has 0 saturated heterocycles. The van der Waals surface area contributed by atoms with Crippen LogP contribution in [0.15, 0.2) is 18.2 Å². The van der Waals surface area contributed by atoms with Crippen LogP contribution in [0.5, 0.6) is 0 Å². The summed E-state index contributed by atoms with van der Waals surface area (Å²) in [6, 6.07) is 2.49. The van der Waals surface area contributed by atoms with Gasteiger partial charge in [-0.05, 0) is 18.1 Å². The Morgan fingerprint density at radius 2 is 2.07 bits per heavy atom. The minimum absolute atomic E-state index is 0.149. The lowest BCUT2D eigenvalue weighted by atomic mass is 9.88. The van der Waals surface area contributed by atoms with Gasteiger partial charge in [0.25, 0.3) is 5.91 Å². The molecule has 1 aliphatic rings. The molecule has 2 rings (SSSR count). The molecule has 0 aliphatic heterocycles. The Bertz CT molecular complexity index is 770. The van der Waals surface area contributed by atoms with Crippen LogP contribution >= 0.6 is 0 Å². The largest absolute Gasteiger partial charge is 0.456 e. The summed E-state index contributed by atoms with van der Waals surface area (Å²) < 4.78 is 31.3. The Morgan fingerprint density at radius 1 is 1.37 bits per heavy atom. The van der Waals surface area contributed by atoms with Crippen molar-refractivity contribution in [1.82, 2.24) is 0 Å². The molecule has 1 fully saturated rings. The predicted molar refractivity (Wildman–Crippen MR) is 88.2 cm³/mol. The van der Waals surface area contributed by atoms with E-state index in [0.717, 1.165) is 18.2 Å². The van der Waals surface area contributed by atoms with Crippen LogP contribution in [0.2, 0.25) is 0 Å². The minimum atomic E-state index is -0.888. The van der Waals surface area contributed by atoms with Gasteiger partial charge in [-0.2, -0.15) is 0 Å². The van der Waals surface area contributed by atoms with Gasteiger partial charge >= 0.3 is 5.97 Å². The number of ketones is 1. The molecule has 3 atom stereocenters. The predicted octanol–water partition coefficient (Wildman–Crippen LogP) is 1.95. The molecule has 1 N–H and O–H groups in total. The van der Waals surface area contributed by atoms with Crippen molar-refractivity contribution in [3.05, 3.63) is 39.9 Å². The van der Waals surface area contributed by atoms with Crippen LogP contribution in [-0.4, -0.2) is 35.7 Å². The maximum absolute atomic E-state index is 13.4. The molecule has 146 valence electrons. The molecule has 0 spiro atoms. The number of anilines is 1. The highest BCUT2D eigenvalue weighted by molar-refractivity contribution is 5.93. The van der Waals surface area contributed by atoms with Crippen LogP contribution in [-0.2, 0) is 19.1 Å². The van der Waals surface area contributed by atoms with Gasteiger partial charge in [0.2, 0.25) is 6.54 Å². The van der Waals surface area contributed by atoms with Gasteiger partial charge in [-0.3, -0.25) is 24.5 Å². The van der Waals surface area contributed by atoms with Crippen LogP contribution in [0.1, 0.15) is 19.8 Å². The van der Waals surface area contributed by atoms with Crippen molar-refractivity contribution in [2.45, 2.75) is 19.8 Å². The van der Waals surface area contributed by atoms with E-state index in [1.54, 1.807) is 6.92 Å². The third-order valence-electron chi connectivity index (χ3n) is 4.50. The summed E-state index contributed by atoms with van der Waals surface area (Å²) in [4.78, 5) is 45.8. The van der Waals surface area contributed by atoms with Crippen molar-refractivity contribution in [2.24, 2.45) is 17.8 Å². The molecule has 1 amide bonds. The van der Waals surface area contributed by atoms with Crippen LogP contribution in [0, 0.1) is 39.5 Å². The van der Waals surface area contributed by atoms with Gasteiger partial charge in [-0.15, -0.1) is 0 Å². The van der Waals surface area contributed by atoms with E-state index in [-0.39, 0.29) is 24.5 Å². The fraction of sp³-hybridized carbons (Fsp3) is 0.471. The number of carbonyl (C=O) groups excluding carboxylic acids is 3. The number of carbonyl (C=O) groups is 3. The first-order valence-electron chi connectivity index (χ1n) is 8.22. The Balaban J connectivity index is 1.87. The molecular weight excluding hydrogens is 366 g/mol. The van der Waals surface area contributed by atoms with E-state index in [1.807, 2.05) is 0 Å². The lowest BCUT2D eigenvalue weighted by Crippen LogP contribution is -2.28. The number of nitro groups is 1. The SMILES string of the molecule is C[C@H]1CC(=O)[C@@H](CC(=O)OCC(=O)Nc2cc(F)ccc2F)[C@@H]1C[N+](=O)[O-]. The Labute approximate surface area is 153 Å². The second kappa shape index (κ2) is 8.65. The van der Waals surface area contributed by atoms with E-state index in [0.29, 0.717) is 0 Å². The molecule has 1 aromatic rings. The Morgan fingerprint density at radius 3 is 2.74 bits per heavy atom. The van der Waals surface area contributed by atoms with Crippen molar-refractivity contribution in [3.8, 4) is 0 Å². The highest BCUT2D eigenvalue weighted by Crippen LogP contribution is 2.36. The van der Waals surface area contributed by atoms with Crippen LogP contribution in [0.4, 0.5) is 14.5 Å². The molecule has 0 aromatic heterocycles. The molecule has 0 unspecified atom stereocenters. The molecular formula is C17H18F2N2O6. The molecule has 0 radical (unpaired) electrons.